The molecule has 0 bridgehead atoms. The molecule has 34 heavy (non-hydrogen) atoms. The SMILES string of the molecule is CCC[C@@H](NC(=O)OCC1c2ccccc2-c2ccccc21)C(=O)NC[C@@H]1CCC[C@@H]1C(=O)O. The summed E-state index contributed by atoms with van der Waals surface area (Å²) in [6.45, 7) is 2.43. The Morgan fingerprint density at radius 2 is 1.68 bits per heavy atom. The van der Waals surface area contributed by atoms with Crippen LogP contribution in [-0.2, 0) is 14.3 Å². The van der Waals surface area contributed by atoms with Gasteiger partial charge < -0.3 is 20.5 Å². The Balaban J connectivity index is 1.33. The van der Waals surface area contributed by atoms with Crippen LogP contribution in [0.1, 0.15) is 56.1 Å². The van der Waals surface area contributed by atoms with Gasteiger partial charge in [-0.25, -0.2) is 4.79 Å². The molecule has 0 spiro atoms. The number of carbonyl (C=O) groups excluding carboxylic acids is 2. The van der Waals surface area contributed by atoms with Crippen molar-refractivity contribution >= 4 is 18.0 Å². The molecular formula is C27H32N2O5. The highest BCUT2D eigenvalue weighted by atomic mass is 16.5. The summed E-state index contributed by atoms with van der Waals surface area (Å²) in [5, 5.41) is 14.9. The molecule has 0 aliphatic heterocycles. The Bertz CT molecular complexity index is 1010. The van der Waals surface area contributed by atoms with E-state index in [4.69, 9.17) is 4.74 Å². The van der Waals surface area contributed by atoms with E-state index in [1.54, 1.807) is 0 Å². The summed E-state index contributed by atoms with van der Waals surface area (Å²) in [6.07, 6.45) is 2.85. The monoisotopic (exact) mass is 464 g/mol. The molecule has 1 fully saturated rings. The molecule has 1 saturated carbocycles. The van der Waals surface area contributed by atoms with Crippen LogP contribution in [0.2, 0.25) is 0 Å². The van der Waals surface area contributed by atoms with E-state index < -0.39 is 24.0 Å². The van der Waals surface area contributed by atoms with E-state index in [-0.39, 0.29) is 24.3 Å². The molecule has 0 saturated heterocycles. The van der Waals surface area contributed by atoms with Gasteiger partial charge >= 0.3 is 12.1 Å². The quantitative estimate of drug-likeness (QED) is 0.513. The Kier molecular flexibility index (Phi) is 7.50. The zero-order chi connectivity index (χ0) is 24.1. The molecular weight excluding hydrogens is 432 g/mol. The van der Waals surface area contributed by atoms with Crippen molar-refractivity contribution in [2.75, 3.05) is 13.2 Å². The Morgan fingerprint density at radius 1 is 1.03 bits per heavy atom. The number of hydrogen-bond donors (Lipinski definition) is 3. The van der Waals surface area contributed by atoms with Crippen LogP contribution in [0.4, 0.5) is 4.79 Å². The fourth-order valence-corrected chi connectivity index (χ4v) is 5.30. The minimum atomic E-state index is -0.807. The first-order chi connectivity index (χ1) is 16.5. The van der Waals surface area contributed by atoms with Crippen molar-refractivity contribution < 1.29 is 24.2 Å². The van der Waals surface area contributed by atoms with Gasteiger partial charge in [-0.05, 0) is 47.4 Å². The molecule has 0 unspecified atom stereocenters. The van der Waals surface area contributed by atoms with E-state index in [1.807, 2.05) is 31.2 Å². The highest BCUT2D eigenvalue weighted by Gasteiger charge is 2.34. The van der Waals surface area contributed by atoms with Crippen molar-refractivity contribution in [3.63, 3.8) is 0 Å². The predicted molar refractivity (Wildman–Crippen MR) is 128 cm³/mol. The average molecular weight is 465 g/mol. The molecule has 7 heteroatoms. The topological polar surface area (TPSA) is 105 Å². The molecule has 7 nitrogen and oxygen atoms in total. The molecule has 2 amide bonds. The first kappa shape index (κ1) is 23.8. The third kappa shape index (κ3) is 5.08. The molecule has 4 rings (SSSR count). The van der Waals surface area contributed by atoms with Crippen molar-refractivity contribution in [3.05, 3.63) is 59.7 Å². The standard InChI is InChI=1S/C27H32N2O5/c1-2-8-24(25(30)28-15-17-9-7-14-18(17)26(31)32)29-27(33)34-16-23-21-12-5-3-10-19(21)20-11-4-6-13-22(20)23/h3-6,10-13,17-18,23-24H,2,7-9,14-16H2,1H3,(H,28,30)(H,29,33)(H,31,32)/t17-,18-,24+/m0/s1. The maximum absolute atomic E-state index is 12.8. The van der Waals surface area contributed by atoms with Crippen molar-refractivity contribution in [2.24, 2.45) is 11.8 Å². The number of nitrogens with one attached hydrogen (secondary N) is 2. The third-order valence-electron chi connectivity index (χ3n) is 7.04. The van der Waals surface area contributed by atoms with Crippen LogP contribution < -0.4 is 10.6 Å². The van der Waals surface area contributed by atoms with Gasteiger partial charge in [0.1, 0.15) is 12.6 Å². The molecule has 2 aliphatic carbocycles. The summed E-state index contributed by atoms with van der Waals surface area (Å²) in [4.78, 5) is 36.8. The minimum Gasteiger partial charge on any atom is -0.481 e. The number of aliphatic carboxylic acids is 1. The third-order valence-corrected chi connectivity index (χ3v) is 7.04. The van der Waals surface area contributed by atoms with E-state index in [0.29, 0.717) is 25.8 Å². The van der Waals surface area contributed by atoms with Gasteiger partial charge in [0.25, 0.3) is 0 Å². The van der Waals surface area contributed by atoms with Gasteiger partial charge in [0.15, 0.2) is 0 Å². The number of carboxylic acids is 1. The Labute approximate surface area is 199 Å². The van der Waals surface area contributed by atoms with Crippen LogP contribution in [0.25, 0.3) is 11.1 Å². The maximum atomic E-state index is 12.8. The lowest BCUT2D eigenvalue weighted by molar-refractivity contribution is -0.143. The normalized spacial score (nSPS) is 19.7. The second kappa shape index (κ2) is 10.7. The van der Waals surface area contributed by atoms with E-state index >= 15 is 0 Å². The van der Waals surface area contributed by atoms with E-state index in [1.165, 1.54) is 0 Å². The van der Waals surface area contributed by atoms with Crippen LogP contribution in [0, 0.1) is 11.8 Å². The van der Waals surface area contributed by atoms with Crippen LogP contribution in [0.3, 0.4) is 0 Å². The van der Waals surface area contributed by atoms with Crippen LogP contribution in [-0.4, -0.2) is 42.3 Å². The number of rotatable bonds is 9. The lowest BCUT2D eigenvalue weighted by Gasteiger charge is -2.21. The van der Waals surface area contributed by atoms with E-state index in [0.717, 1.165) is 35.1 Å². The van der Waals surface area contributed by atoms with Gasteiger partial charge in [0.2, 0.25) is 5.91 Å². The molecule has 2 aliphatic rings. The van der Waals surface area contributed by atoms with Gasteiger partial charge in [-0.2, -0.15) is 0 Å². The van der Waals surface area contributed by atoms with Crippen molar-refractivity contribution in [2.45, 2.75) is 51.0 Å². The van der Waals surface area contributed by atoms with Crippen LogP contribution >= 0.6 is 0 Å². The van der Waals surface area contributed by atoms with Crippen LogP contribution in [0.5, 0.6) is 0 Å². The fourth-order valence-electron chi connectivity index (χ4n) is 5.30. The number of alkyl carbamates (subject to hydrolysis) is 1. The highest BCUT2D eigenvalue weighted by Crippen LogP contribution is 2.44. The summed E-state index contributed by atoms with van der Waals surface area (Å²) < 4.78 is 5.59. The van der Waals surface area contributed by atoms with Gasteiger partial charge in [-0.15, -0.1) is 0 Å². The van der Waals surface area contributed by atoms with Crippen LogP contribution in [0.15, 0.2) is 48.5 Å². The molecule has 0 heterocycles. The largest absolute Gasteiger partial charge is 0.481 e. The second-order valence-electron chi connectivity index (χ2n) is 9.19. The smallest absolute Gasteiger partial charge is 0.407 e. The number of amides is 2. The summed E-state index contributed by atoms with van der Waals surface area (Å²) in [7, 11) is 0. The number of hydrogen-bond acceptors (Lipinski definition) is 4. The van der Waals surface area contributed by atoms with Crippen molar-refractivity contribution in [1.82, 2.24) is 10.6 Å². The molecule has 2 aromatic carbocycles. The van der Waals surface area contributed by atoms with Gasteiger partial charge in [0.05, 0.1) is 5.92 Å². The number of fused-ring (bicyclic) bond motifs is 3. The number of benzene rings is 2. The van der Waals surface area contributed by atoms with Gasteiger partial charge in [-0.3, -0.25) is 9.59 Å². The molecule has 180 valence electrons. The summed E-state index contributed by atoms with van der Waals surface area (Å²) >= 11 is 0. The Morgan fingerprint density at radius 3 is 2.29 bits per heavy atom. The fraction of sp³-hybridized carbons (Fsp3) is 0.444. The van der Waals surface area contributed by atoms with Crippen molar-refractivity contribution in [3.8, 4) is 11.1 Å². The van der Waals surface area contributed by atoms with Gasteiger partial charge in [0, 0.05) is 12.5 Å². The Hall–Kier alpha value is -3.35. The number of carboxylic acid groups (broad SMARTS) is 1. The predicted octanol–water partition coefficient (Wildman–Crippen LogP) is 4.31. The molecule has 0 aromatic heterocycles. The van der Waals surface area contributed by atoms with E-state index in [2.05, 4.69) is 34.9 Å². The second-order valence-corrected chi connectivity index (χ2v) is 9.19. The summed E-state index contributed by atoms with van der Waals surface area (Å²) in [6, 6.07) is 15.5. The lowest BCUT2D eigenvalue weighted by atomic mass is 9.96. The summed E-state index contributed by atoms with van der Waals surface area (Å²) in [5.41, 5.74) is 4.57. The van der Waals surface area contributed by atoms with Crippen molar-refractivity contribution in [1.29, 1.82) is 0 Å². The number of carbonyl (C=O) groups is 3. The zero-order valence-electron chi connectivity index (χ0n) is 19.5. The molecule has 3 N–H and O–H groups in total. The lowest BCUT2D eigenvalue weighted by Crippen LogP contribution is -2.48. The maximum Gasteiger partial charge on any atom is 0.407 e. The zero-order valence-corrected chi connectivity index (χ0v) is 19.5. The number of ether oxygens (including phenoxy) is 1. The van der Waals surface area contributed by atoms with E-state index in [9.17, 15) is 19.5 Å². The minimum absolute atomic E-state index is 0.0491. The molecule has 3 atom stereocenters. The first-order valence-electron chi connectivity index (χ1n) is 12.1. The highest BCUT2D eigenvalue weighted by molar-refractivity contribution is 5.85. The summed E-state index contributed by atoms with van der Waals surface area (Å²) in [5.74, 6) is -1.64. The first-order valence-corrected chi connectivity index (χ1v) is 12.1. The van der Waals surface area contributed by atoms with Gasteiger partial charge in [-0.1, -0.05) is 68.3 Å². The average Bonchev–Trinajstić information content (AvgIpc) is 3.44. The molecule has 0 radical (unpaired) electrons. The molecule has 2 aromatic rings.